The summed E-state index contributed by atoms with van der Waals surface area (Å²) in [7, 11) is -7.18. The van der Waals surface area contributed by atoms with E-state index in [2.05, 4.69) is 0 Å². The third kappa shape index (κ3) is 2.66. The van der Waals surface area contributed by atoms with Gasteiger partial charge in [0.25, 0.3) is 0 Å². The van der Waals surface area contributed by atoms with Gasteiger partial charge in [-0.15, -0.1) is 0 Å². The Bertz CT molecular complexity index is 398. The average Bonchev–Trinajstić information content (AvgIpc) is 2.25. The van der Waals surface area contributed by atoms with Gasteiger partial charge in [-0.05, 0) is 6.92 Å². The molecule has 1 heterocycles. The summed E-state index contributed by atoms with van der Waals surface area (Å²) in [5.41, 5.74) is 0. The van der Waals surface area contributed by atoms with Crippen LogP contribution in [0.3, 0.4) is 0 Å². The van der Waals surface area contributed by atoms with E-state index < -0.39 is 37.0 Å². The Morgan fingerprint density at radius 3 is 2.43 bits per heavy atom. The second-order valence-electron chi connectivity index (χ2n) is 3.20. The molecule has 6 nitrogen and oxygen atoms in total. The predicted octanol–water partition coefficient (Wildman–Crippen LogP) is -1.52. The van der Waals surface area contributed by atoms with Gasteiger partial charge >= 0.3 is 0 Å². The quantitative estimate of drug-likeness (QED) is 0.648. The van der Waals surface area contributed by atoms with Crippen LogP contribution in [0, 0.1) is 0 Å². The fourth-order valence-electron chi connectivity index (χ4n) is 1.46. The summed E-state index contributed by atoms with van der Waals surface area (Å²) < 4.78 is 49.5. The van der Waals surface area contributed by atoms with Gasteiger partial charge in [-0.1, -0.05) is 0 Å². The zero-order valence-corrected chi connectivity index (χ0v) is 9.34. The largest absolute Gasteiger partial charge is 0.376 e. The fourth-order valence-corrected chi connectivity index (χ4v) is 5.24. The van der Waals surface area contributed by atoms with Gasteiger partial charge in [0.2, 0.25) is 10.0 Å². The van der Waals surface area contributed by atoms with E-state index in [1.54, 1.807) is 6.92 Å². The smallest absolute Gasteiger partial charge is 0.215 e. The predicted molar refractivity (Wildman–Crippen MR) is 51.0 cm³/mol. The van der Waals surface area contributed by atoms with Crippen LogP contribution in [0.4, 0.5) is 0 Å². The topological polar surface area (TPSA) is 104 Å². The van der Waals surface area contributed by atoms with E-state index in [9.17, 15) is 16.8 Å². The highest BCUT2D eigenvalue weighted by atomic mass is 32.2. The Labute approximate surface area is 83.4 Å². The second-order valence-corrected chi connectivity index (χ2v) is 7.14. The molecule has 0 bridgehead atoms. The van der Waals surface area contributed by atoms with Gasteiger partial charge in [-0.2, -0.15) is 0 Å². The molecule has 0 aliphatic carbocycles. The molecule has 1 aliphatic heterocycles. The Balaban J connectivity index is 2.95. The highest BCUT2D eigenvalue weighted by Crippen LogP contribution is 2.20. The number of sulfone groups is 1. The standard InChI is InChI=1S/C6H13NO5S2/c1-2-12-5-3-13(8,9)4-6(5)14(7,10)11/h5-6H,2-4H2,1H3,(H2,7,10,11). The van der Waals surface area contributed by atoms with Crippen molar-refractivity contribution in [3.63, 3.8) is 0 Å². The first-order valence-corrected chi connectivity index (χ1v) is 7.53. The number of rotatable bonds is 3. The van der Waals surface area contributed by atoms with Crippen LogP contribution in [-0.2, 0) is 24.6 Å². The van der Waals surface area contributed by atoms with Crippen molar-refractivity contribution in [1.29, 1.82) is 0 Å². The zero-order valence-electron chi connectivity index (χ0n) is 7.71. The SMILES string of the molecule is CCOC1CS(=O)(=O)CC1S(N)(=O)=O. The van der Waals surface area contributed by atoms with Gasteiger partial charge in [0.15, 0.2) is 9.84 Å². The second kappa shape index (κ2) is 3.76. The van der Waals surface area contributed by atoms with E-state index >= 15 is 0 Å². The number of nitrogens with two attached hydrogens (primary N) is 1. The van der Waals surface area contributed by atoms with Crippen molar-refractivity contribution in [3.05, 3.63) is 0 Å². The average molecular weight is 243 g/mol. The van der Waals surface area contributed by atoms with Crippen LogP contribution in [0.1, 0.15) is 6.92 Å². The summed E-state index contributed by atoms with van der Waals surface area (Å²) >= 11 is 0. The molecule has 2 atom stereocenters. The van der Waals surface area contributed by atoms with Crippen LogP contribution in [0.5, 0.6) is 0 Å². The van der Waals surface area contributed by atoms with E-state index in [4.69, 9.17) is 9.88 Å². The first-order valence-electron chi connectivity index (χ1n) is 4.10. The van der Waals surface area contributed by atoms with Gasteiger partial charge in [0, 0.05) is 6.61 Å². The maximum Gasteiger partial charge on any atom is 0.215 e. The lowest BCUT2D eigenvalue weighted by Gasteiger charge is -2.15. The number of hydrogen-bond donors (Lipinski definition) is 1. The molecule has 0 aromatic rings. The monoisotopic (exact) mass is 243 g/mol. The van der Waals surface area contributed by atoms with Crippen molar-refractivity contribution in [2.24, 2.45) is 5.14 Å². The zero-order chi connectivity index (χ0) is 11.0. The Kier molecular flexibility index (Phi) is 3.20. The molecule has 84 valence electrons. The highest BCUT2D eigenvalue weighted by Gasteiger charge is 2.44. The van der Waals surface area contributed by atoms with Crippen LogP contribution < -0.4 is 5.14 Å². The van der Waals surface area contributed by atoms with Crippen molar-refractivity contribution < 1.29 is 21.6 Å². The molecule has 14 heavy (non-hydrogen) atoms. The van der Waals surface area contributed by atoms with Crippen LogP contribution in [0.25, 0.3) is 0 Å². The molecular formula is C6H13NO5S2. The molecule has 2 N–H and O–H groups in total. The van der Waals surface area contributed by atoms with Crippen LogP contribution in [0.15, 0.2) is 0 Å². The van der Waals surface area contributed by atoms with E-state index in [1.807, 2.05) is 0 Å². The van der Waals surface area contributed by atoms with Crippen molar-refractivity contribution in [1.82, 2.24) is 0 Å². The van der Waals surface area contributed by atoms with Gasteiger partial charge < -0.3 is 4.74 Å². The first-order chi connectivity index (χ1) is 6.26. The summed E-state index contributed by atoms with van der Waals surface area (Å²) in [6, 6.07) is 0. The molecular weight excluding hydrogens is 230 g/mol. The van der Waals surface area contributed by atoms with Gasteiger partial charge in [0.1, 0.15) is 5.25 Å². The summed E-state index contributed by atoms with van der Waals surface area (Å²) in [6.07, 6.45) is -0.819. The molecule has 1 aliphatic rings. The van der Waals surface area contributed by atoms with Crippen LogP contribution in [0.2, 0.25) is 0 Å². The normalized spacial score (nSPS) is 31.9. The molecule has 1 fully saturated rings. The molecule has 0 spiro atoms. The van der Waals surface area contributed by atoms with Crippen LogP contribution in [-0.4, -0.2) is 46.3 Å². The Hall–Kier alpha value is -0.180. The lowest BCUT2D eigenvalue weighted by Crippen LogP contribution is -2.39. The van der Waals surface area contributed by atoms with Crippen molar-refractivity contribution in [2.45, 2.75) is 18.3 Å². The van der Waals surface area contributed by atoms with Crippen molar-refractivity contribution >= 4 is 19.9 Å². The fraction of sp³-hybridized carbons (Fsp3) is 1.00. The molecule has 1 saturated heterocycles. The molecule has 2 unspecified atom stereocenters. The summed E-state index contributed by atoms with van der Waals surface area (Å²) in [5, 5.41) is 3.79. The van der Waals surface area contributed by atoms with Gasteiger partial charge in [-0.25, -0.2) is 22.0 Å². The number of ether oxygens (including phenoxy) is 1. The minimum atomic E-state index is -3.85. The lowest BCUT2D eigenvalue weighted by atomic mass is 10.3. The molecule has 8 heteroatoms. The maximum atomic E-state index is 11.2. The Morgan fingerprint density at radius 2 is 2.00 bits per heavy atom. The van der Waals surface area contributed by atoms with E-state index in [1.165, 1.54) is 0 Å². The van der Waals surface area contributed by atoms with Crippen LogP contribution >= 0.6 is 0 Å². The van der Waals surface area contributed by atoms with Gasteiger partial charge in [-0.3, -0.25) is 0 Å². The van der Waals surface area contributed by atoms with Crippen molar-refractivity contribution in [2.75, 3.05) is 18.1 Å². The first kappa shape index (κ1) is 11.9. The van der Waals surface area contributed by atoms with E-state index in [0.717, 1.165) is 0 Å². The number of sulfonamides is 1. The van der Waals surface area contributed by atoms with Crippen molar-refractivity contribution in [3.8, 4) is 0 Å². The van der Waals surface area contributed by atoms with E-state index in [-0.39, 0.29) is 12.4 Å². The number of primary sulfonamides is 1. The third-order valence-corrected chi connectivity index (χ3v) is 5.28. The minimum absolute atomic E-state index is 0.262. The number of hydrogen-bond acceptors (Lipinski definition) is 5. The Morgan fingerprint density at radius 1 is 1.43 bits per heavy atom. The summed E-state index contributed by atoms with van der Waals surface area (Å²) in [4.78, 5) is 0. The molecule has 0 saturated carbocycles. The highest BCUT2D eigenvalue weighted by molar-refractivity contribution is 7.95. The molecule has 0 aromatic carbocycles. The lowest BCUT2D eigenvalue weighted by molar-refractivity contribution is 0.0835. The third-order valence-electron chi connectivity index (χ3n) is 2.05. The molecule has 0 radical (unpaired) electrons. The molecule has 0 aromatic heterocycles. The van der Waals surface area contributed by atoms with E-state index in [0.29, 0.717) is 0 Å². The molecule has 1 rings (SSSR count). The molecule has 0 amide bonds. The van der Waals surface area contributed by atoms with Gasteiger partial charge in [0.05, 0.1) is 17.6 Å². The minimum Gasteiger partial charge on any atom is -0.376 e. The maximum absolute atomic E-state index is 11.2. The summed E-state index contributed by atoms with van der Waals surface area (Å²) in [6.45, 7) is 1.94. The summed E-state index contributed by atoms with van der Waals surface area (Å²) in [5.74, 6) is -0.696.